The van der Waals surface area contributed by atoms with Gasteiger partial charge in [0.1, 0.15) is 12.4 Å². The number of ether oxygens (including phenoxy) is 1. The number of piperidine rings is 1. The highest BCUT2D eigenvalue weighted by molar-refractivity contribution is 5.95. The van der Waals surface area contributed by atoms with Crippen LogP contribution in [0.3, 0.4) is 0 Å². The maximum Gasteiger partial charge on any atom is 0.256 e. The van der Waals surface area contributed by atoms with Crippen LogP contribution in [-0.2, 0) is 22.5 Å². The van der Waals surface area contributed by atoms with Crippen LogP contribution in [0.4, 0.5) is 0 Å². The van der Waals surface area contributed by atoms with E-state index < -0.39 is 0 Å². The molecular formula is C23H28N4O4. The van der Waals surface area contributed by atoms with Crippen LogP contribution in [0.5, 0.6) is 0 Å². The Hall–Kier alpha value is -3.00. The monoisotopic (exact) mass is 424 g/mol. The zero-order valence-electron chi connectivity index (χ0n) is 18.0. The number of aryl methyl sites for hydroxylation is 1. The van der Waals surface area contributed by atoms with Crippen molar-refractivity contribution in [1.29, 1.82) is 0 Å². The SMILES string of the molecule is COCC(=O)N1CCc2nc([C@@H]3CCCCN3C(=O)c3ccccc3C)[nH]c(=O)c2C1. The fraction of sp³-hybridized carbons (Fsp3) is 0.478. The van der Waals surface area contributed by atoms with Gasteiger partial charge in [0.15, 0.2) is 0 Å². The Morgan fingerprint density at radius 1 is 1.23 bits per heavy atom. The number of hydrogen-bond donors (Lipinski definition) is 1. The molecule has 2 amide bonds. The van der Waals surface area contributed by atoms with Crippen LogP contribution in [0.1, 0.15) is 58.3 Å². The number of benzene rings is 1. The van der Waals surface area contributed by atoms with Gasteiger partial charge in [-0.2, -0.15) is 0 Å². The van der Waals surface area contributed by atoms with Crippen LogP contribution in [0.25, 0.3) is 0 Å². The van der Waals surface area contributed by atoms with Crippen molar-refractivity contribution in [2.45, 2.75) is 45.2 Å². The van der Waals surface area contributed by atoms with Crippen molar-refractivity contribution in [2.24, 2.45) is 0 Å². The number of nitrogens with zero attached hydrogens (tertiary/aromatic N) is 3. The first-order chi connectivity index (χ1) is 15.0. The molecule has 8 nitrogen and oxygen atoms in total. The standard InChI is InChI=1S/C23H28N4O4/c1-15-7-3-4-8-16(15)23(30)27-11-6-5-9-19(27)21-24-18-10-12-26(20(28)14-31-2)13-17(18)22(29)25-21/h3-4,7-8,19H,5-6,9-14H2,1-2H3,(H,24,25,29)/t19-/m0/s1. The number of H-pyrrole nitrogens is 1. The average Bonchev–Trinajstić information content (AvgIpc) is 2.79. The van der Waals surface area contributed by atoms with Gasteiger partial charge in [-0.15, -0.1) is 0 Å². The van der Waals surface area contributed by atoms with Gasteiger partial charge in [-0.3, -0.25) is 14.4 Å². The fourth-order valence-corrected chi connectivity index (χ4v) is 4.46. The Morgan fingerprint density at radius 3 is 2.81 bits per heavy atom. The van der Waals surface area contributed by atoms with Gasteiger partial charge in [0.05, 0.1) is 23.8 Å². The van der Waals surface area contributed by atoms with Crippen LogP contribution in [0.15, 0.2) is 29.1 Å². The topological polar surface area (TPSA) is 95.6 Å². The predicted molar refractivity (Wildman–Crippen MR) is 115 cm³/mol. The predicted octanol–water partition coefficient (Wildman–Crippen LogP) is 1.98. The molecule has 1 atom stereocenters. The summed E-state index contributed by atoms with van der Waals surface area (Å²) in [6.45, 7) is 3.30. The zero-order valence-corrected chi connectivity index (χ0v) is 18.0. The number of likely N-dealkylation sites (tertiary alicyclic amines) is 1. The minimum Gasteiger partial charge on any atom is -0.375 e. The largest absolute Gasteiger partial charge is 0.375 e. The average molecular weight is 425 g/mol. The lowest BCUT2D eigenvalue weighted by atomic mass is 9.98. The van der Waals surface area contributed by atoms with Gasteiger partial charge in [-0.25, -0.2) is 4.98 Å². The van der Waals surface area contributed by atoms with Crippen molar-refractivity contribution in [3.8, 4) is 0 Å². The molecule has 1 N–H and O–H groups in total. The number of carbonyl (C=O) groups excluding carboxylic acids is 2. The Balaban J connectivity index is 1.62. The minimum absolute atomic E-state index is 0.00318. The number of hydrogen-bond acceptors (Lipinski definition) is 5. The molecule has 8 heteroatoms. The highest BCUT2D eigenvalue weighted by atomic mass is 16.5. The smallest absolute Gasteiger partial charge is 0.256 e. The lowest BCUT2D eigenvalue weighted by Gasteiger charge is -2.36. The first-order valence-electron chi connectivity index (χ1n) is 10.7. The molecule has 0 aliphatic carbocycles. The summed E-state index contributed by atoms with van der Waals surface area (Å²) in [5, 5.41) is 0. The van der Waals surface area contributed by atoms with Crippen LogP contribution < -0.4 is 5.56 Å². The molecule has 0 spiro atoms. The highest BCUT2D eigenvalue weighted by Crippen LogP contribution is 2.31. The lowest BCUT2D eigenvalue weighted by molar-refractivity contribution is -0.136. The molecule has 31 heavy (non-hydrogen) atoms. The summed E-state index contributed by atoms with van der Waals surface area (Å²) in [5.41, 5.74) is 2.62. The van der Waals surface area contributed by atoms with Crippen molar-refractivity contribution < 1.29 is 14.3 Å². The van der Waals surface area contributed by atoms with Crippen molar-refractivity contribution in [1.82, 2.24) is 19.8 Å². The number of carbonyl (C=O) groups is 2. The van der Waals surface area contributed by atoms with Crippen LogP contribution in [-0.4, -0.2) is 58.4 Å². The summed E-state index contributed by atoms with van der Waals surface area (Å²) in [5.74, 6) is 0.375. The molecule has 2 aliphatic heterocycles. The lowest BCUT2D eigenvalue weighted by Crippen LogP contribution is -2.43. The number of amides is 2. The molecule has 2 aliphatic rings. The molecule has 1 aromatic carbocycles. The van der Waals surface area contributed by atoms with Crippen LogP contribution in [0.2, 0.25) is 0 Å². The summed E-state index contributed by atoms with van der Waals surface area (Å²) < 4.78 is 4.92. The molecular weight excluding hydrogens is 396 g/mol. The van der Waals surface area contributed by atoms with Gasteiger partial charge in [-0.05, 0) is 37.8 Å². The molecule has 1 fully saturated rings. The van der Waals surface area contributed by atoms with E-state index in [4.69, 9.17) is 9.72 Å². The Bertz CT molecular complexity index is 1050. The number of nitrogens with one attached hydrogen (secondary N) is 1. The second-order valence-electron chi connectivity index (χ2n) is 8.20. The van der Waals surface area contributed by atoms with Crippen molar-refractivity contribution in [3.05, 3.63) is 62.8 Å². The molecule has 0 saturated carbocycles. The highest BCUT2D eigenvalue weighted by Gasteiger charge is 2.32. The number of fused-ring (bicyclic) bond motifs is 1. The number of rotatable bonds is 4. The minimum atomic E-state index is -0.257. The third kappa shape index (κ3) is 4.25. The molecule has 164 valence electrons. The molecule has 0 unspecified atom stereocenters. The summed E-state index contributed by atoms with van der Waals surface area (Å²) in [6, 6.07) is 7.31. The Labute approximate surface area is 181 Å². The fourth-order valence-electron chi connectivity index (χ4n) is 4.46. The zero-order chi connectivity index (χ0) is 22.0. The number of aromatic amines is 1. The van der Waals surface area contributed by atoms with E-state index in [0.717, 1.165) is 24.8 Å². The molecule has 4 rings (SSSR count). The first-order valence-corrected chi connectivity index (χ1v) is 10.7. The maximum absolute atomic E-state index is 13.3. The third-order valence-electron chi connectivity index (χ3n) is 6.16. The molecule has 0 radical (unpaired) electrons. The van der Waals surface area contributed by atoms with E-state index in [-0.39, 0.29) is 36.6 Å². The molecule has 1 aromatic heterocycles. The van der Waals surface area contributed by atoms with Gasteiger partial charge in [0.2, 0.25) is 5.91 Å². The van der Waals surface area contributed by atoms with Gasteiger partial charge < -0.3 is 19.5 Å². The van der Waals surface area contributed by atoms with Crippen LogP contribution in [0, 0.1) is 6.92 Å². The van der Waals surface area contributed by atoms with E-state index in [2.05, 4.69) is 4.98 Å². The third-order valence-corrected chi connectivity index (χ3v) is 6.16. The second kappa shape index (κ2) is 9.01. The molecule has 1 saturated heterocycles. The summed E-state index contributed by atoms with van der Waals surface area (Å²) in [4.78, 5) is 49.5. The first kappa shape index (κ1) is 21.2. The van der Waals surface area contributed by atoms with Gasteiger partial charge in [-0.1, -0.05) is 18.2 Å². The van der Waals surface area contributed by atoms with Gasteiger partial charge >= 0.3 is 0 Å². The van der Waals surface area contributed by atoms with E-state index >= 15 is 0 Å². The summed E-state index contributed by atoms with van der Waals surface area (Å²) in [6.07, 6.45) is 3.18. The molecule has 2 aromatic rings. The molecule has 3 heterocycles. The van der Waals surface area contributed by atoms with Crippen molar-refractivity contribution in [2.75, 3.05) is 26.8 Å². The normalized spacial score (nSPS) is 18.6. The van der Waals surface area contributed by atoms with Gasteiger partial charge in [0.25, 0.3) is 11.5 Å². The maximum atomic E-state index is 13.3. The second-order valence-corrected chi connectivity index (χ2v) is 8.20. The summed E-state index contributed by atoms with van der Waals surface area (Å²) >= 11 is 0. The van der Waals surface area contributed by atoms with E-state index in [1.807, 2.05) is 36.1 Å². The Kier molecular flexibility index (Phi) is 6.18. The quantitative estimate of drug-likeness (QED) is 0.810. The van der Waals surface area contributed by atoms with E-state index in [0.29, 0.717) is 42.2 Å². The van der Waals surface area contributed by atoms with Crippen LogP contribution >= 0.6 is 0 Å². The van der Waals surface area contributed by atoms with E-state index in [9.17, 15) is 14.4 Å². The van der Waals surface area contributed by atoms with E-state index in [1.165, 1.54) is 7.11 Å². The number of aromatic nitrogens is 2. The summed E-state index contributed by atoms with van der Waals surface area (Å²) in [7, 11) is 1.48. The van der Waals surface area contributed by atoms with Crippen molar-refractivity contribution in [3.63, 3.8) is 0 Å². The van der Waals surface area contributed by atoms with Gasteiger partial charge in [0, 0.05) is 32.2 Å². The van der Waals surface area contributed by atoms with Crippen molar-refractivity contribution >= 4 is 11.8 Å². The molecule has 0 bridgehead atoms. The Morgan fingerprint density at radius 2 is 2.03 bits per heavy atom. The number of methoxy groups -OCH3 is 1. The van der Waals surface area contributed by atoms with E-state index in [1.54, 1.807) is 4.90 Å².